The fourth-order valence-electron chi connectivity index (χ4n) is 2.47. The van der Waals surface area contributed by atoms with Crippen LogP contribution in [0.15, 0.2) is 106 Å². The molecule has 0 aromatic heterocycles. The lowest BCUT2D eigenvalue weighted by atomic mass is 10.1. The van der Waals surface area contributed by atoms with E-state index in [4.69, 9.17) is 5.14 Å². The molecule has 0 saturated heterocycles. The Morgan fingerprint density at radius 1 is 0.793 bits per heavy atom. The molecule has 0 heterocycles. The van der Waals surface area contributed by atoms with Crippen molar-refractivity contribution in [2.45, 2.75) is 4.90 Å². The van der Waals surface area contributed by atoms with E-state index in [0.29, 0.717) is 11.1 Å². The predicted octanol–water partition coefficient (Wildman–Crippen LogP) is 4.23. The lowest BCUT2D eigenvalue weighted by Crippen LogP contribution is -2.11. The summed E-state index contributed by atoms with van der Waals surface area (Å²) in [5.74, 6) is -0.818. The molecule has 29 heavy (non-hydrogen) atoms. The highest BCUT2D eigenvalue weighted by Gasteiger charge is 2.18. The van der Waals surface area contributed by atoms with Crippen LogP contribution in [-0.4, -0.2) is 19.3 Å². The minimum absolute atomic E-state index is 0.0697. The van der Waals surface area contributed by atoms with Gasteiger partial charge in [0, 0.05) is 11.1 Å². The second-order valence-electron chi connectivity index (χ2n) is 6.00. The van der Waals surface area contributed by atoms with Gasteiger partial charge in [-0.15, -0.1) is 5.11 Å². The smallest absolute Gasteiger partial charge is 0.238 e. The van der Waals surface area contributed by atoms with Gasteiger partial charge in [-0.3, -0.25) is 4.79 Å². The second kappa shape index (κ2) is 8.59. The van der Waals surface area contributed by atoms with E-state index in [1.54, 1.807) is 60.7 Å². The van der Waals surface area contributed by atoms with Crippen LogP contribution in [0.1, 0.15) is 15.9 Å². The molecule has 0 aliphatic rings. The van der Waals surface area contributed by atoms with Gasteiger partial charge in [0.2, 0.25) is 15.8 Å². The lowest BCUT2D eigenvalue weighted by molar-refractivity contribution is 0.103. The maximum atomic E-state index is 12.9. The lowest BCUT2D eigenvalue weighted by Gasteiger charge is -2.06. The third kappa shape index (κ3) is 5.01. The first kappa shape index (κ1) is 20.1. The number of nitrogens with two attached hydrogens (primary N) is 1. The fourth-order valence-corrected chi connectivity index (χ4v) is 2.98. The molecule has 0 unspecified atom stereocenters. The Labute approximate surface area is 167 Å². The van der Waals surface area contributed by atoms with E-state index in [9.17, 15) is 18.3 Å². The highest BCUT2D eigenvalue weighted by Crippen LogP contribution is 2.23. The van der Waals surface area contributed by atoms with Crippen LogP contribution in [0.5, 0.6) is 0 Å². The molecule has 3 aromatic carbocycles. The minimum atomic E-state index is -3.83. The molecule has 3 N–H and O–H groups in total. The van der Waals surface area contributed by atoms with Crippen LogP contribution in [0.25, 0.3) is 5.76 Å². The van der Waals surface area contributed by atoms with E-state index < -0.39 is 15.8 Å². The Balaban J connectivity index is 2.02. The van der Waals surface area contributed by atoms with E-state index in [2.05, 4.69) is 10.2 Å². The van der Waals surface area contributed by atoms with Gasteiger partial charge in [0.05, 0.1) is 10.6 Å². The Bertz CT molecular complexity index is 1170. The largest absolute Gasteiger partial charge is 0.505 e. The van der Waals surface area contributed by atoms with Crippen LogP contribution < -0.4 is 5.14 Å². The first-order valence-corrected chi connectivity index (χ1v) is 10.0. The van der Waals surface area contributed by atoms with Crippen molar-refractivity contribution in [1.29, 1.82) is 0 Å². The minimum Gasteiger partial charge on any atom is -0.505 e. The molecule has 3 rings (SSSR count). The fraction of sp³-hybridized carbons (Fsp3) is 0. The molecule has 0 bridgehead atoms. The number of hydrogen-bond donors (Lipinski definition) is 2. The molecule has 8 heteroatoms. The molecule has 0 fully saturated rings. The van der Waals surface area contributed by atoms with Gasteiger partial charge in [-0.25, -0.2) is 13.6 Å². The zero-order valence-electron chi connectivity index (χ0n) is 15.1. The van der Waals surface area contributed by atoms with Crippen molar-refractivity contribution in [3.05, 3.63) is 102 Å². The zero-order chi connectivity index (χ0) is 20.9. The van der Waals surface area contributed by atoms with Crippen LogP contribution >= 0.6 is 0 Å². The number of hydrogen-bond acceptors (Lipinski definition) is 6. The molecule has 0 atom stereocenters. The number of allylic oxidation sites excluding steroid dienone is 1. The summed E-state index contributed by atoms with van der Waals surface area (Å²) in [4.78, 5) is 12.8. The van der Waals surface area contributed by atoms with E-state index in [1.807, 2.05) is 0 Å². The number of azo groups is 1. The van der Waals surface area contributed by atoms with Gasteiger partial charge in [-0.2, -0.15) is 5.11 Å². The first-order chi connectivity index (χ1) is 13.9. The number of aliphatic hydroxyl groups is 1. The number of Topliss-reactive ketones (excluding diaryl/α,β-unsaturated/α-hetero) is 1. The van der Waals surface area contributed by atoms with Crippen molar-refractivity contribution in [1.82, 2.24) is 0 Å². The number of carbonyl (C=O) groups excluding carboxylic acids is 1. The Hall–Kier alpha value is -3.62. The number of carbonyl (C=O) groups is 1. The SMILES string of the molecule is NS(=O)(=O)c1ccc(N=NC(C(=O)c2ccccc2)=C(O)c2ccccc2)cc1. The molecule has 0 saturated carbocycles. The zero-order valence-corrected chi connectivity index (χ0v) is 16.0. The van der Waals surface area contributed by atoms with E-state index in [1.165, 1.54) is 24.3 Å². The summed E-state index contributed by atoms with van der Waals surface area (Å²) in [5, 5.41) is 23.7. The van der Waals surface area contributed by atoms with Gasteiger partial charge in [-0.05, 0) is 24.3 Å². The molecular formula is C21H17N3O4S. The van der Waals surface area contributed by atoms with Gasteiger partial charge in [0.1, 0.15) is 0 Å². The summed E-state index contributed by atoms with van der Waals surface area (Å²) in [6.45, 7) is 0. The molecule has 146 valence electrons. The van der Waals surface area contributed by atoms with E-state index in [-0.39, 0.29) is 22.0 Å². The molecule has 0 spiro atoms. The monoisotopic (exact) mass is 407 g/mol. The molecule has 3 aromatic rings. The maximum absolute atomic E-state index is 12.9. The van der Waals surface area contributed by atoms with Gasteiger partial charge in [0.15, 0.2) is 11.5 Å². The number of benzene rings is 3. The summed E-state index contributed by atoms with van der Waals surface area (Å²) in [5.41, 5.74) is 0.804. The Morgan fingerprint density at radius 2 is 1.31 bits per heavy atom. The van der Waals surface area contributed by atoms with Crippen LogP contribution in [-0.2, 0) is 10.0 Å². The highest BCUT2D eigenvalue weighted by molar-refractivity contribution is 7.89. The molecule has 0 aliphatic heterocycles. The van der Waals surface area contributed by atoms with Gasteiger partial charge >= 0.3 is 0 Å². The molecule has 0 aliphatic carbocycles. The number of ketones is 1. The van der Waals surface area contributed by atoms with Crippen molar-refractivity contribution >= 4 is 27.3 Å². The number of rotatable bonds is 6. The molecule has 0 amide bonds. The third-order valence-corrected chi connectivity index (χ3v) is 4.88. The number of nitrogens with zero attached hydrogens (tertiary/aromatic N) is 2. The van der Waals surface area contributed by atoms with Crippen molar-refractivity contribution in [3.8, 4) is 0 Å². The van der Waals surface area contributed by atoms with Crippen LogP contribution in [0, 0.1) is 0 Å². The topological polar surface area (TPSA) is 122 Å². The van der Waals surface area contributed by atoms with Crippen molar-refractivity contribution in [2.24, 2.45) is 15.4 Å². The second-order valence-corrected chi connectivity index (χ2v) is 7.56. The van der Waals surface area contributed by atoms with Crippen LogP contribution in [0.4, 0.5) is 5.69 Å². The summed E-state index contributed by atoms with van der Waals surface area (Å²) in [7, 11) is -3.83. The summed E-state index contributed by atoms with van der Waals surface area (Å²) >= 11 is 0. The van der Waals surface area contributed by atoms with Gasteiger partial charge < -0.3 is 5.11 Å². The van der Waals surface area contributed by atoms with Gasteiger partial charge in [-0.1, -0.05) is 60.7 Å². The van der Waals surface area contributed by atoms with E-state index >= 15 is 0 Å². The quantitative estimate of drug-likeness (QED) is 0.275. The number of sulfonamides is 1. The number of aliphatic hydroxyl groups excluding tert-OH is 1. The average Bonchev–Trinajstić information content (AvgIpc) is 2.74. The maximum Gasteiger partial charge on any atom is 0.238 e. The molecular weight excluding hydrogens is 390 g/mol. The third-order valence-electron chi connectivity index (χ3n) is 3.95. The van der Waals surface area contributed by atoms with E-state index in [0.717, 1.165) is 0 Å². The Kier molecular flexibility index (Phi) is 5.96. The standard InChI is InChI=1S/C21H17N3O4S/c22-29(27,28)18-13-11-17(12-14-18)23-24-19(20(25)15-7-3-1-4-8-15)21(26)16-9-5-2-6-10-16/h1-14,25H,(H2,22,27,28). The normalized spacial score (nSPS) is 12.6. The first-order valence-electron chi connectivity index (χ1n) is 8.49. The predicted molar refractivity (Wildman–Crippen MR) is 109 cm³/mol. The van der Waals surface area contributed by atoms with Crippen molar-refractivity contribution < 1.29 is 18.3 Å². The van der Waals surface area contributed by atoms with Gasteiger partial charge in [0.25, 0.3) is 0 Å². The van der Waals surface area contributed by atoms with Crippen LogP contribution in [0.2, 0.25) is 0 Å². The van der Waals surface area contributed by atoms with Crippen LogP contribution in [0.3, 0.4) is 0 Å². The number of primary sulfonamides is 1. The average molecular weight is 407 g/mol. The van der Waals surface area contributed by atoms with Crippen molar-refractivity contribution in [2.75, 3.05) is 0 Å². The molecule has 0 radical (unpaired) electrons. The highest BCUT2D eigenvalue weighted by atomic mass is 32.2. The summed E-state index contributed by atoms with van der Waals surface area (Å²) < 4.78 is 22.7. The summed E-state index contributed by atoms with van der Waals surface area (Å²) in [6, 6.07) is 22.3. The molecule has 7 nitrogen and oxygen atoms in total. The Morgan fingerprint density at radius 3 is 1.83 bits per heavy atom. The summed E-state index contributed by atoms with van der Waals surface area (Å²) in [6.07, 6.45) is 0. The van der Waals surface area contributed by atoms with Crippen molar-refractivity contribution in [3.63, 3.8) is 0 Å².